The van der Waals surface area contributed by atoms with E-state index in [0.717, 1.165) is 27.8 Å². The monoisotopic (exact) mass is 221 g/mol. The first-order valence-electron chi connectivity index (χ1n) is 5.29. The molecule has 3 nitrogen and oxygen atoms in total. The minimum absolute atomic E-state index is 0.734. The fourth-order valence-electron chi connectivity index (χ4n) is 2.10. The normalized spacial score (nSPS) is 14.6. The van der Waals surface area contributed by atoms with Crippen LogP contribution in [-0.4, -0.2) is 11.1 Å². The summed E-state index contributed by atoms with van der Waals surface area (Å²) >= 11 is 0. The molecule has 16 heavy (non-hydrogen) atoms. The number of aliphatic carboxylic acids is 1. The second-order valence-corrected chi connectivity index (χ2v) is 4.64. The number of carbonyl (C=O) groups is 1. The van der Waals surface area contributed by atoms with Gasteiger partial charge in [-0.3, -0.25) is 0 Å². The summed E-state index contributed by atoms with van der Waals surface area (Å²) in [5.74, 6) is -0.997. The number of nitrogens with two attached hydrogens (primary N) is 1. The molecule has 1 aromatic carbocycles. The topological polar surface area (TPSA) is 63.3 Å². The maximum atomic E-state index is 11.2. The van der Waals surface area contributed by atoms with Crippen molar-refractivity contribution >= 4 is 5.97 Å². The van der Waals surface area contributed by atoms with Crippen molar-refractivity contribution in [3.05, 3.63) is 33.9 Å². The molecule has 1 rings (SSSR count). The zero-order chi connectivity index (χ0) is 12.7. The highest BCUT2D eigenvalue weighted by Crippen LogP contribution is 2.29. The van der Waals surface area contributed by atoms with E-state index in [1.165, 1.54) is 0 Å². The third-order valence-corrected chi connectivity index (χ3v) is 3.33. The van der Waals surface area contributed by atoms with Gasteiger partial charge in [0.2, 0.25) is 0 Å². The highest BCUT2D eigenvalue weighted by Gasteiger charge is 2.34. The van der Waals surface area contributed by atoms with Crippen molar-refractivity contribution in [2.75, 3.05) is 0 Å². The van der Waals surface area contributed by atoms with Gasteiger partial charge in [-0.15, -0.1) is 0 Å². The molecular weight excluding hydrogens is 202 g/mol. The second-order valence-electron chi connectivity index (χ2n) is 4.64. The first-order valence-corrected chi connectivity index (χ1v) is 5.29. The van der Waals surface area contributed by atoms with Crippen LogP contribution in [0.5, 0.6) is 0 Å². The van der Waals surface area contributed by atoms with Crippen LogP contribution >= 0.6 is 0 Å². The first kappa shape index (κ1) is 12.7. The summed E-state index contributed by atoms with van der Waals surface area (Å²) in [6, 6.07) is 2.06. The van der Waals surface area contributed by atoms with E-state index in [1.54, 1.807) is 6.92 Å². The van der Waals surface area contributed by atoms with Crippen LogP contribution in [0.1, 0.15) is 34.7 Å². The molecular formula is C13H19NO2. The smallest absolute Gasteiger partial charge is 0.328 e. The van der Waals surface area contributed by atoms with Gasteiger partial charge in [-0.2, -0.15) is 0 Å². The number of hydrogen-bond donors (Lipinski definition) is 2. The van der Waals surface area contributed by atoms with Crippen molar-refractivity contribution in [2.24, 2.45) is 5.73 Å². The summed E-state index contributed by atoms with van der Waals surface area (Å²) < 4.78 is 0. The summed E-state index contributed by atoms with van der Waals surface area (Å²) in [5, 5.41) is 9.20. The van der Waals surface area contributed by atoms with Crippen LogP contribution in [-0.2, 0) is 10.3 Å². The van der Waals surface area contributed by atoms with Gasteiger partial charge in [-0.05, 0) is 62.4 Å². The van der Waals surface area contributed by atoms with Crippen LogP contribution in [0.3, 0.4) is 0 Å². The van der Waals surface area contributed by atoms with Crippen molar-refractivity contribution in [3.8, 4) is 0 Å². The second kappa shape index (κ2) is 3.91. The molecule has 0 radical (unpaired) electrons. The summed E-state index contributed by atoms with van der Waals surface area (Å²) in [7, 11) is 0. The van der Waals surface area contributed by atoms with Gasteiger partial charge in [-0.25, -0.2) is 4.79 Å². The number of carboxylic acids is 1. The van der Waals surface area contributed by atoms with Crippen LogP contribution in [0.15, 0.2) is 6.07 Å². The molecule has 3 heteroatoms. The van der Waals surface area contributed by atoms with E-state index in [1.807, 2.05) is 27.7 Å². The fourth-order valence-corrected chi connectivity index (χ4v) is 2.10. The van der Waals surface area contributed by atoms with Gasteiger partial charge in [0.05, 0.1) is 0 Å². The molecule has 0 aliphatic heterocycles. The molecule has 0 amide bonds. The fraction of sp³-hybridized carbons (Fsp3) is 0.462. The molecule has 0 bridgehead atoms. The standard InChI is InChI=1S/C13H19NO2/c1-7-6-8(2)10(4)11(9(7)3)13(5,14)12(15)16/h6H,14H2,1-5H3,(H,15,16). The lowest BCUT2D eigenvalue weighted by atomic mass is 9.82. The third-order valence-electron chi connectivity index (χ3n) is 3.33. The predicted molar refractivity (Wildman–Crippen MR) is 64.6 cm³/mol. The van der Waals surface area contributed by atoms with Gasteiger partial charge in [-0.1, -0.05) is 6.07 Å². The van der Waals surface area contributed by atoms with Crippen LogP contribution in [0, 0.1) is 27.7 Å². The highest BCUT2D eigenvalue weighted by molar-refractivity contribution is 5.81. The maximum Gasteiger partial charge on any atom is 0.328 e. The van der Waals surface area contributed by atoms with Gasteiger partial charge in [0.15, 0.2) is 0 Å². The largest absolute Gasteiger partial charge is 0.480 e. The lowest BCUT2D eigenvalue weighted by molar-refractivity contribution is -0.143. The Labute approximate surface area is 96.3 Å². The van der Waals surface area contributed by atoms with E-state index in [2.05, 4.69) is 6.07 Å². The van der Waals surface area contributed by atoms with Crippen LogP contribution in [0.25, 0.3) is 0 Å². The Morgan fingerprint density at radius 1 is 1.19 bits per heavy atom. The molecule has 0 aliphatic rings. The molecule has 0 spiro atoms. The van der Waals surface area contributed by atoms with Crippen molar-refractivity contribution < 1.29 is 9.90 Å². The minimum atomic E-state index is -1.33. The molecule has 1 atom stereocenters. The SMILES string of the molecule is Cc1cc(C)c(C)c(C(C)(N)C(=O)O)c1C. The average Bonchev–Trinajstić information content (AvgIpc) is 2.14. The summed E-state index contributed by atoms with van der Waals surface area (Å²) in [6.07, 6.45) is 0. The van der Waals surface area contributed by atoms with Crippen molar-refractivity contribution in [3.63, 3.8) is 0 Å². The molecule has 1 unspecified atom stereocenters. The van der Waals surface area contributed by atoms with Gasteiger partial charge in [0, 0.05) is 0 Å². The quantitative estimate of drug-likeness (QED) is 0.804. The number of carboxylic acid groups (broad SMARTS) is 1. The van der Waals surface area contributed by atoms with Crippen LogP contribution in [0.2, 0.25) is 0 Å². The number of benzene rings is 1. The maximum absolute atomic E-state index is 11.2. The Bertz CT molecular complexity index is 421. The highest BCUT2D eigenvalue weighted by atomic mass is 16.4. The zero-order valence-electron chi connectivity index (χ0n) is 10.5. The molecule has 3 N–H and O–H groups in total. The van der Waals surface area contributed by atoms with Crippen LogP contribution in [0.4, 0.5) is 0 Å². The van der Waals surface area contributed by atoms with Crippen molar-refractivity contribution in [2.45, 2.75) is 40.2 Å². The van der Waals surface area contributed by atoms with Gasteiger partial charge in [0.1, 0.15) is 5.54 Å². The Balaban J connectivity index is 3.62. The Kier molecular flexibility index (Phi) is 3.10. The molecule has 0 fully saturated rings. The van der Waals surface area contributed by atoms with E-state index < -0.39 is 11.5 Å². The Hall–Kier alpha value is -1.35. The lowest BCUT2D eigenvalue weighted by Gasteiger charge is -2.26. The van der Waals surface area contributed by atoms with E-state index >= 15 is 0 Å². The van der Waals surface area contributed by atoms with Gasteiger partial charge in [0.25, 0.3) is 0 Å². The number of hydrogen-bond acceptors (Lipinski definition) is 2. The molecule has 1 aromatic rings. The van der Waals surface area contributed by atoms with Crippen molar-refractivity contribution in [1.82, 2.24) is 0 Å². The van der Waals surface area contributed by atoms with E-state index in [0.29, 0.717) is 0 Å². The van der Waals surface area contributed by atoms with Crippen LogP contribution < -0.4 is 5.73 Å². The zero-order valence-corrected chi connectivity index (χ0v) is 10.5. The van der Waals surface area contributed by atoms with Gasteiger partial charge < -0.3 is 10.8 Å². The molecule has 0 saturated heterocycles. The summed E-state index contributed by atoms with van der Waals surface area (Å²) in [6.45, 7) is 9.34. The van der Waals surface area contributed by atoms with Gasteiger partial charge >= 0.3 is 5.97 Å². The number of aryl methyl sites for hydroxylation is 2. The summed E-state index contributed by atoms with van der Waals surface area (Å²) in [4.78, 5) is 11.2. The van der Waals surface area contributed by atoms with E-state index in [-0.39, 0.29) is 0 Å². The minimum Gasteiger partial charge on any atom is -0.480 e. The molecule has 0 heterocycles. The average molecular weight is 221 g/mol. The lowest BCUT2D eigenvalue weighted by Crippen LogP contribution is -2.43. The third kappa shape index (κ3) is 1.83. The Morgan fingerprint density at radius 2 is 1.56 bits per heavy atom. The van der Waals surface area contributed by atoms with E-state index in [4.69, 9.17) is 5.73 Å². The molecule has 0 aliphatic carbocycles. The Morgan fingerprint density at radius 3 is 1.88 bits per heavy atom. The summed E-state index contributed by atoms with van der Waals surface area (Å²) in [5.41, 5.74) is 9.42. The molecule has 0 saturated carbocycles. The number of rotatable bonds is 2. The van der Waals surface area contributed by atoms with Crippen molar-refractivity contribution in [1.29, 1.82) is 0 Å². The predicted octanol–water partition coefficient (Wildman–Crippen LogP) is 2.18. The molecule has 0 aromatic heterocycles. The first-order chi connectivity index (χ1) is 7.19. The van der Waals surface area contributed by atoms with E-state index in [9.17, 15) is 9.90 Å². The molecule has 88 valence electrons.